The molecule has 0 saturated heterocycles. The van der Waals surface area contributed by atoms with Crippen molar-refractivity contribution >= 4 is 11.6 Å². The first-order valence-corrected chi connectivity index (χ1v) is 3.92. The van der Waals surface area contributed by atoms with Crippen LogP contribution in [0.5, 0.6) is 5.75 Å². The molecule has 1 aromatic rings. The number of hydrogen-bond acceptors (Lipinski definition) is 2. The Hall–Kier alpha value is -1.04. The fourth-order valence-corrected chi connectivity index (χ4v) is 0.974. The lowest BCUT2D eigenvalue weighted by molar-refractivity contribution is -0.276. The van der Waals surface area contributed by atoms with E-state index in [4.69, 9.17) is 11.6 Å². The molecule has 0 bridgehead atoms. The van der Waals surface area contributed by atoms with Crippen molar-refractivity contribution in [2.24, 2.45) is 0 Å². The number of rotatable bonds is 2. The maximum Gasteiger partial charge on any atom is 0.573 e. The summed E-state index contributed by atoms with van der Waals surface area (Å²) >= 11 is 5.26. The molecule has 7 heteroatoms. The Balaban J connectivity index is 3.05. The van der Waals surface area contributed by atoms with Gasteiger partial charge in [-0.1, -0.05) is 0 Å². The summed E-state index contributed by atoms with van der Waals surface area (Å²) < 4.78 is 51.6. The topological polar surface area (TPSA) is 22.1 Å². The van der Waals surface area contributed by atoms with Gasteiger partial charge in [0, 0.05) is 6.20 Å². The molecule has 0 aliphatic carbocycles. The highest BCUT2D eigenvalue weighted by atomic mass is 35.5. The zero-order valence-corrected chi connectivity index (χ0v) is 7.36. The molecular weight excluding hydrogens is 226 g/mol. The summed E-state index contributed by atoms with van der Waals surface area (Å²) in [5, 5.41) is 0. The Morgan fingerprint density at radius 3 is 2.57 bits per heavy atom. The van der Waals surface area contributed by atoms with E-state index < -0.39 is 17.9 Å². The Morgan fingerprint density at radius 1 is 1.43 bits per heavy atom. The van der Waals surface area contributed by atoms with Crippen LogP contribution < -0.4 is 4.74 Å². The van der Waals surface area contributed by atoms with Crippen molar-refractivity contribution in [3.05, 3.63) is 23.8 Å². The van der Waals surface area contributed by atoms with Gasteiger partial charge in [0.1, 0.15) is 5.69 Å². The summed E-state index contributed by atoms with van der Waals surface area (Å²) in [6.07, 6.45) is -3.94. The van der Waals surface area contributed by atoms with E-state index in [9.17, 15) is 17.6 Å². The largest absolute Gasteiger partial charge is 0.573 e. The normalized spacial score (nSPS) is 11.5. The van der Waals surface area contributed by atoms with Crippen LogP contribution in [0.2, 0.25) is 0 Å². The molecule has 0 unspecified atom stereocenters. The molecular formula is C7H4ClF4NO. The smallest absolute Gasteiger partial charge is 0.401 e. The van der Waals surface area contributed by atoms with Gasteiger partial charge >= 0.3 is 6.36 Å². The van der Waals surface area contributed by atoms with Crippen LogP contribution in [0.1, 0.15) is 5.69 Å². The summed E-state index contributed by atoms with van der Waals surface area (Å²) in [7, 11) is 0. The molecule has 0 aliphatic heterocycles. The maximum atomic E-state index is 12.8. The van der Waals surface area contributed by atoms with Gasteiger partial charge in [-0.2, -0.15) is 0 Å². The van der Waals surface area contributed by atoms with E-state index in [0.717, 1.165) is 12.3 Å². The molecule has 1 rings (SSSR count). The number of alkyl halides is 4. The molecule has 14 heavy (non-hydrogen) atoms. The zero-order valence-electron chi connectivity index (χ0n) is 6.61. The average Bonchev–Trinajstić information content (AvgIpc) is 2.06. The summed E-state index contributed by atoms with van der Waals surface area (Å²) in [5.41, 5.74) is -0.288. The zero-order chi connectivity index (χ0) is 10.8. The molecule has 0 spiro atoms. The van der Waals surface area contributed by atoms with Crippen molar-refractivity contribution in [2.45, 2.75) is 12.2 Å². The number of ether oxygens (including phenoxy) is 1. The van der Waals surface area contributed by atoms with E-state index in [1.807, 2.05) is 0 Å². The van der Waals surface area contributed by atoms with Crippen LogP contribution in [0.25, 0.3) is 0 Å². The minimum Gasteiger partial charge on any atom is -0.401 e. The van der Waals surface area contributed by atoms with E-state index in [-0.39, 0.29) is 11.6 Å². The molecule has 0 amide bonds. The number of halogens is 5. The summed E-state index contributed by atoms with van der Waals surface area (Å²) in [4.78, 5) is 3.45. The molecule has 0 atom stereocenters. The summed E-state index contributed by atoms with van der Waals surface area (Å²) in [6, 6.07) is 0.761. The lowest BCUT2D eigenvalue weighted by atomic mass is 10.3. The second-order valence-electron chi connectivity index (χ2n) is 2.25. The maximum absolute atomic E-state index is 12.8. The third kappa shape index (κ3) is 2.73. The summed E-state index contributed by atoms with van der Waals surface area (Å²) in [5.74, 6) is -2.48. The van der Waals surface area contributed by atoms with Crippen molar-refractivity contribution in [3.8, 4) is 5.75 Å². The molecule has 1 aromatic heterocycles. The monoisotopic (exact) mass is 229 g/mol. The fraction of sp³-hybridized carbons (Fsp3) is 0.286. The van der Waals surface area contributed by atoms with E-state index >= 15 is 0 Å². The molecule has 1 heterocycles. The van der Waals surface area contributed by atoms with Gasteiger partial charge < -0.3 is 4.74 Å². The van der Waals surface area contributed by atoms with E-state index in [1.165, 1.54) is 0 Å². The van der Waals surface area contributed by atoms with Crippen LogP contribution in [0.15, 0.2) is 12.3 Å². The first-order valence-electron chi connectivity index (χ1n) is 3.39. The number of aromatic nitrogens is 1. The van der Waals surface area contributed by atoms with Crippen molar-refractivity contribution < 1.29 is 22.3 Å². The second-order valence-corrected chi connectivity index (χ2v) is 2.52. The highest BCUT2D eigenvalue weighted by Crippen LogP contribution is 2.28. The Morgan fingerprint density at radius 2 is 2.07 bits per heavy atom. The first-order chi connectivity index (χ1) is 6.44. The molecule has 0 saturated carbocycles. The molecule has 0 aromatic carbocycles. The van der Waals surface area contributed by atoms with Crippen LogP contribution in [-0.4, -0.2) is 11.3 Å². The SMILES string of the molecule is Fc1ccnc(CCl)c1OC(F)(F)F. The molecule has 0 fully saturated rings. The minimum absolute atomic E-state index is 0.288. The lowest BCUT2D eigenvalue weighted by Crippen LogP contribution is -2.19. The molecule has 0 aliphatic rings. The fourth-order valence-electron chi connectivity index (χ4n) is 0.783. The number of hydrogen-bond donors (Lipinski definition) is 0. The lowest BCUT2D eigenvalue weighted by Gasteiger charge is -2.11. The minimum atomic E-state index is -4.95. The predicted molar refractivity (Wildman–Crippen MR) is 40.4 cm³/mol. The van der Waals surface area contributed by atoms with Crippen LogP contribution in [0.4, 0.5) is 17.6 Å². The van der Waals surface area contributed by atoms with Crippen molar-refractivity contribution in [1.29, 1.82) is 0 Å². The Kier molecular flexibility index (Phi) is 3.15. The Labute approximate surface area is 81.5 Å². The highest BCUT2D eigenvalue weighted by molar-refractivity contribution is 6.17. The third-order valence-electron chi connectivity index (χ3n) is 1.27. The summed E-state index contributed by atoms with van der Waals surface area (Å²) in [6.45, 7) is 0. The molecule has 0 N–H and O–H groups in total. The van der Waals surface area contributed by atoms with Gasteiger partial charge in [0.05, 0.1) is 5.88 Å². The molecule has 0 radical (unpaired) electrons. The molecule has 2 nitrogen and oxygen atoms in total. The van der Waals surface area contributed by atoms with Crippen molar-refractivity contribution in [3.63, 3.8) is 0 Å². The van der Waals surface area contributed by atoms with Gasteiger partial charge in [-0.15, -0.1) is 24.8 Å². The molecule has 78 valence electrons. The van der Waals surface area contributed by atoms with Crippen molar-refractivity contribution in [2.75, 3.05) is 0 Å². The number of pyridine rings is 1. The van der Waals surface area contributed by atoms with Gasteiger partial charge in [0.2, 0.25) is 0 Å². The predicted octanol–water partition coefficient (Wildman–Crippen LogP) is 2.86. The van der Waals surface area contributed by atoms with E-state index in [1.54, 1.807) is 0 Å². The van der Waals surface area contributed by atoms with Crippen molar-refractivity contribution in [1.82, 2.24) is 4.98 Å². The van der Waals surface area contributed by atoms with Gasteiger partial charge in [0.15, 0.2) is 11.6 Å². The van der Waals surface area contributed by atoms with Gasteiger partial charge in [-0.05, 0) is 6.07 Å². The van der Waals surface area contributed by atoms with Gasteiger partial charge in [0.25, 0.3) is 0 Å². The van der Waals surface area contributed by atoms with E-state index in [0.29, 0.717) is 0 Å². The third-order valence-corrected chi connectivity index (χ3v) is 1.53. The van der Waals surface area contributed by atoms with Crippen LogP contribution in [-0.2, 0) is 5.88 Å². The van der Waals surface area contributed by atoms with Crippen LogP contribution in [0.3, 0.4) is 0 Å². The van der Waals surface area contributed by atoms with Crippen LogP contribution >= 0.6 is 11.6 Å². The van der Waals surface area contributed by atoms with Gasteiger partial charge in [-0.25, -0.2) is 4.39 Å². The highest BCUT2D eigenvalue weighted by Gasteiger charge is 2.33. The first kappa shape index (κ1) is 11.0. The standard InChI is InChI=1S/C7H4ClF4NO/c8-3-5-6(14-7(10,11)12)4(9)1-2-13-5/h1-2H,3H2. The second kappa shape index (κ2) is 4.00. The van der Waals surface area contributed by atoms with Crippen LogP contribution in [0, 0.1) is 5.82 Å². The quantitative estimate of drug-likeness (QED) is 0.575. The van der Waals surface area contributed by atoms with E-state index in [2.05, 4.69) is 9.72 Å². The van der Waals surface area contributed by atoms with Gasteiger partial charge in [-0.3, -0.25) is 4.98 Å². The Bertz CT molecular complexity index is 328. The average molecular weight is 230 g/mol. The number of nitrogens with zero attached hydrogens (tertiary/aromatic N) is 1.